The highest BCUT2D eigenvalue weighted by molar-refractivity contribution is 6.04. The van der Waals surface area contributed by atoms with Gasteiger partial charge in [0, 0.05) is 6.20 Å². The molecule has 0 bridgehead atoms. The highest BCUT2D eigenvalue weighted by Gasteiger charge is 2.30. The second-order valence-electron chi connectivity index (χ2n) is 3.39. The number of nitrogens with two attached hydrogens (primary N) is 1. The minimum absolute atomic E-state index is 0.0807. The average molecular weight is 217 g/mol. The highest BCUT2D eigenvalue weighted by atomic mass is 16.2. The zero-order valence-corrected chi connectivity index (χ0v) is 8.44. The average Bonchev–Trinajstić information content (AvgIpc) is 2.32. The minimum Gasteiger partial charge on any atom is -0.403 e. The smallest absolute Gasteiger partial charge is 0.270 e. The summed E-state index contributed by atoms with van der Waals surface area (Å²) in [6, 6.07) is 8.37. The third kappa shape index (κ3) is 1.75. The molecular formula is C11H11N3O2. The molecule has 5 nitrogen and oxygen atoms in total. The van der Waals surface area contributed by atoms with Crippen LogP contribution in [0.2, 0.25) is 0 Å². The van der Waals surface area contributed by atoms with Crippen molar-refractivity contribution in [2.45, 2.75) is 6.04 Å². The molecule has 1 saturated heterocycles. The van der Waals surface area contributed by atoms with Gasteiger partial charge >= 0.3 is 0 Å². The summed E-state index contributed by atoms with van der Waals surface area (Å²) in [6.45, 7) is 0. The lowest BCUT2D eigenvalue weighted by atomic mass is 10.0. The summed E-state index contributed by atoms with van der Waals surface area (Å²) >= 11 is 0. The molecule has 1 aliphatic heterocycles. The van der Waals surface area contributed by atoms with E-state index in [9.17, 15) is 9.59 Å². The van der Waals surface area contributed by atoms with Gasteiger partial charge < -0.3 is 16.4 Å². The molecule has 1 heterocycles. The third-order valence-corrected chi connectivity index (χ3v) is 2.34. The van der Waals surface area contributed by atoms with Crippen molar-refractivity contribution < 1.29 is 9.59 Å². The molecule has 5 heteroatoms. The Morgan fingerprint density at radius 1 is 1.19 bits per heavy atom. The highest BCUT2D eigenvalue weighted by Crippen LogP contribution is 2.16. The van der Waals surface area contributed by atoms with Gasteiger partial charge in [-0.3, -0.25) is 9.59 Å². The van der Waals surface area contributed by atoms with Gasteiger partial charge in [-0.1, -0.05) is 30.3 Å². The van der Waals surface area contributed by atoms with Gasteiger partial charge in [0.25, 0.3) is 11.8 Å². The lowest BCUT2D eigenvalue weighted by Gasteiger charge is -2.24. The van der Waals surface area contributed by atoms with Crippen LogP contribution in [0.5, 0.6) is 0 Å². The fourth-order valence-electron chi connectivity index (χ4n) is 1.53. The predicted molar refractivity (Wildman–Crippen MR) is 57.7 cm³/mol. The van der Waals surface area contributed by atoms with Crippen molar-refractivity contribution in [3.8, 4) is 0 Å². The van der Waals surface area contributed by atoms with Crippen LogP contribution in [-0.2, 0) is 9.59 Å². The van der Waals surface area contributed by atoms with Crippen LogP contribution in [0.4, 0.5) is 0 Å². The normalized spacial score (nSPS) is 22.8. The predicted octanol–water partition coefficient (Wildman–Crippen LogP) is -0.226. The van der Waals surface area contributed by atoms with Crippen LogP contribution in [0.25, 0.3) is 0 Å². The molecule has 1 aliphatic rings. The molecule has 1 fully saturated rings. The number of carbonyl (C=O) groups is 2. The number of piperazine rings is 1. The SMILES string of the molecule is NC=C1NC(=O)C(c2ccccc2)NC1=O. The maximum absolute atomic E-state index is 11.7. The van der Waals surface area contributed by atoms with Crippen molar-refractivity contribution in [1.82, 2.24) is 10.6 Å². The first-order chi connectivity index (χ1) is 7.72. The van der Waals surface area contributed by atoms with E-state index in [1.165, 1.54) is 0 Å². The Bertz CT molecular complexity index is 454. The second kappa shape index (κ2) is 4.06. The van der Waals surface area contributed by atoms with E-state index in [1.54, 1.807) is 12.1 Å². The van der Waals surface area contributed by atoms with E-state index in [4.69, 9.17) is 5.73 Å². The number of hydrogen-bond acceptors (Lipinski definition) is 3. The largest absolute Gasteiger partial charge is 0.403 e. The first kappa shape index (κ1) is 10.2. The molecule has 16 heavy (non-hydrogen) atoms. The summed E-state index contributed by atoms with van der Waals surface area (Å²) in [5.74, 6) is -0.668. The molecular weight excluding hydrogens is 206 g/mol. The van der Waals surface area contributed by atoms with Gasteiger partial charge in [-0.2, -0.15) is 0 Å². The molecule has 0 aromatic heterocycles. The van der Waals surface area contributed by atoms with Crippen LogP contribution < -0.4 is 16.4 Å². The first-order valence-corrected chi connectivity index (χ1v) is 4.81. The number of rotatable bonds is 1. The Morgan fingerprint density at radius 3 is 2.50 bits per heavy atom. The first-order valence-electron chi connectivity index (χ1n) is 4.81. The van der Waals surface area contributed by atoms with Gasteiger partial charge in [0.15, 0.2) is 0 Å². The van der Waals surface area contributed by atoms with Crippen LogP contribution >= 0.6 is 0 Å². The van der Waals surface area contributed by atoms with Gasteiger partial charge in [0.2, 0.25) is 0 Å². The van der Waals surface area contributed by atoms with Crippen molar-refractivity contribution in [2.75, 3.05) is 0 Å². The van der Waals surface area contributed by atoms with Crippen molar-refractivity contribution in [3.63, 3.8) is 0 Å². The van der Waals surface area contributed by atoms with Crippen molar-refractivity contribution >= 4 is 11.8 Å². The Labute approximate surface area is 92.3 Å². The number of benzene rings is 1. The van der Waals surface area contributed by atoms with Crippen LogP contribution in [0.15, 0.2) is 42.2 Å². The summed E-state index contributed by atoms with van der Waals surface area (Å²) in [6.07, 6.45) is 1.08. The molecule has 1 unspecified atom stereocenters. The number of amides is 2. The third-order valence-electron chi connectivity index (χ3n) is 2.34. The lowest BCUT2D eigenvalue weighted by Crippen LogP contribution is -2.49. The maximum Gasteiger partial charge on any atom is 0.270 e. The van der Waals surface area contributed by atoms with Crippen LogP contribution in [-0.4, -0.2) is 11.8 Å². The van der Waals surface area contributed by atoms with Gasteiger partial charge in [-0.25, -0.2) is 0 Å². The van der Waals surface area contributed by atoms with Crippen LogP contribution in [0.3, 0.4) is 0 Å². The van der Waals surface area contributed by atoms with Crippen molar-refractivity contribution in [3.05, 3.63) is 47.8 Å². The molecule has 1 aromatic carbocycles. The van der Waals surface area contributed by atoms with E-state index >= 15 is 0 Å². The second-order valence-corrected chi connectivity index (χ2v) is 3.39. The molecule has 0 radical (unpaired) electrons. The van der Waals surface area contributed by atoms with Gasteiger partial charge in [0.05, 0.1) is 0 Å². The van der Waals surface area contributed by atoms with E-state index < -0.39 is 6.04 Å². The number of hydrogen-bond donors (Lipinski definition) is 3. The maximum atomic E-state index is 11.7. The summed E-state index contributed by atoms with van der Waals surface area (Å²) < 4.78 is 0. The minimum atomic E-state index is -0.655. The molecule has 82 valence electrons. The Hall–Kier alpha value is -2.30. The molecule has 0 aliphatic carbocycles. The molecule has 0 saturated carbocycles. The molecule has 0 spiro atoms. The van der Waals surface area contributed by atoms with E-state index in [-0.39, 0.29) is 17.5 Å². The van der Waals surface area contributed by atoms with Gasteiger partial charge in [0.1, 0.15) is 11.7 Å². The standard InChI is InChI=1S/C11H11N3O2/c12-6-8-10(15)14-9(11(16)13-8)7-4-2-1-3-5-7/h1-6,9H,12H2,(H,13,16)(H,14,15). The lowest BCUT2D eigenvalue weighted by molar-refractivity contribution is -0.131. The van der Waals surface area contributed by atoms with Crippen LogP contribution in [0, 0.1) is 0 Å². The summed E-state index contributed by atoms with van der Waals surface area (Å²) in [5, 5.41) is 5.03. The Balaban J connectivity index is 2.26. The number of carbonyl (C=O) groups excluding carboxylic acids is 2. The zero-order chi connectivity index (χ0) is 11.5. The summed E-state index contributed by atoms with van der Waals surface area (Å²) in [5.41, 5.74) is 6.02. The van der Waals surface area contributed by atoms with Gasteiger partial charge in [-0.15, -0.1) is 0 Å². The van der Waals surface area contributed by atoms with Crippen molar-refractivity contribution in [1.29, 1.82) is 0 Å². The zero-order valence-electron chi connectivity index (χ0n) is 8.44. The quantitative estimate of drug-likeness (QED) is 0.568. The monoisotopic (exact) mass is 217 g/mol. The van der Waals surface area contributed by atoms with Crippen LogP contribution in [0.1, 0.15) is 11.6 Å². The molecule has 2 amide bonds. The van der Waals surface area contributed by atoms with E-state index in [1.807, 2.05) is 18.2 Å². The number of nitrogens with one attached hydrogen (secondary N) is 2. The van der Waals surface area contributed by atoms with E-state index in [0.29, 0.717) is 0 Å². The molecule has 1 aromatic rings. The fraction of sp³-hybridized carbons (Fsp3) is 0.0909. The topological polar surface area (TPSA) is 84.2 Å². The molecule has 2 rings (SSSR count). The van der Waals surface area contributed by atoms with Gasteiger partial charge in [-0.05, 0) is 5.56 Å². The molecule has 4 N–H and O–H groups in total. The van der Waals surface area contributed by atoms with Crippen molar-refractivity contribution in [2.24, 2.45) is 5.73 Å². The Morgan fingerprint density at radius 2 is 1.88 bits per heavy atom. The fourth-order valence-corrected chi connectivity index (χ4v) is 1.53. The summed E-state index contributed by atoms with van der Waals surface area (Å²) in [7, 11) is 0. The molecule has 1 atom stereocenters. The van der Waals surface area contributed by atoms with E-state index in [0.717, 1.165) is 11.8 Å². The Kier molecular flexibility index (Phi) is 2.59. The van der Waals surface area contributed by atoms with E-state index in [2.05, 4.69) is 10.6 Å². The summed E-state index contributed by atoms with van der Waals surface area (Å²) in [4.78, 5) is 23.2.